The summed E-state index contributed by atoms with van der Waals surface area (Å²) >= 11 is 0. The van der Waals surface area contributed by atoms with Crippen LogP contribution in [0, 0.1) is 5.92 Å². The van der Waals surface area contributed by atoms with Crippen LogP contribution in [0.4, 0.5) is 0 Å². The van der Waals surface area contributed by atoms with E-state index in [9.17, 15) is 0 Å². The smallest absolute Gasteiger partial charge is 0.153 e. The van der Waals surface area contributed by atoms with Crippen molar-refractivity contribution in [3.8, 4) is 0 Å². The highest BCUT2D eigenvalue weighted by Crippen LogP contribution is 2.43. The van der Waals surface area contributed by atoms with Crippen LogP contribution in [0.5, 0.6) is 0 Å². The molecule has 0 spiro atoms. The van der Waals surface area contributed by atoms with Crippen molar-refractivity contribution in [2.75, 3.05) is 0 Å². The Kier molecular flexibility index (Phi) is 4.11. The van der Waals surface area contributed by atoms with Crippen LogP contribution in [0.15, 0.2) is 6.33 Å². The third kappa shape index (κ3) is 2.56. The van der Waals surface area contributed by atoms with Crippen LogP contribution < -0.4 is 0 Å². The molecular formula is C11H21N3. The summed E-state index contributed by atoms with van der Waals surface area (Å²) in [7, 11) is 1.93. The summed E-state index contributed by atoms with van der Waals surface area (Å²) in [6.07, 6.45) is 5.71. The monoisotopic (exact) mass is 195 g/mol. The topological polar surface area (TPSA) is 30.7 Å². The molecule has 0 N–H and O–H groups in total. The Morgan fingerprint density at radius 2 is 2.14 bits per heavy atom. The lowest BCUT2D eigenvalue weighted by molar-refractivity contribution is 0.547. The molecule has 0 saturated heterocycles. The minimum Gasteiger partial charge on any atom is -0.256 e. The number of nitrogens with zero attached hydrogens (tertiary/aromatic N) is 3. The van der Waals surface area contributed by atoms with Crippen LogP contribution in [-0.2, 0) is 7.05 Å². The van der Waals surface area contributed by atoms with Crippen LogP contribution in [0.2, 0.25) is 0 Å². The standard InChI is InChI=1S/C9H15N3.C2H6/c1-3-8(7-4-5-7)9-10-6-12(2)11-9;1-2/h6-8H,3-5H2,1-2H3;1-2H3. The first-order chi connectivity index (χ1) is 6.81. The van der Waals surface area contributed by atoms with E-state index < -0.39 is 0 Å². The molecule has 1 aromatic heterocycles. The number of aryl methyl sites for hydroxylation is 1. The molecular weight excluding hydrogens is 174 g/mol. The van der Waals surface area contributed by atoms with Gasteiger partial charge in [0.25, 0.3) is 0 Å². The van der Waals surface area contributed by atoms with Crippen molar-refractivity contribution in [3.63, 3.8) is 0 Å². The van der Waals surface area contributed by atoms with Gasteiger partial charge in [0.15, 0.2) is 5.82 Å². The van der Waals surface area contributed by atoms with Gasteiger partial charge in [0.2, 0.25) is 0 Å². The highest BCUT2D eigenvalue weighted by molar-refractivity contribution is 5.00. The van der Waals surface area contributed by atoms with E-state index in [1.165, 1.54) is 19.3 Å². The van der Waals surface area contributed by atoms with E-state index in [4.69, 9.17) is 0 Å². The summed E-state index contributed by atoms with van der Waals surface area (Å²) in [5, 5.41) is 4.35. The molecule has 0 aromatic carbocycles. The molecule has 1 heterocycles. The fourth-order valence-corrected chi connectivity index (χ4v) is 1.75. The Labute approximate surface area is 86.5 Å². The van der Waals surface area contributed by atoms with Crippen molar-refractivity contribution in [3.05, 3.63) is 12.2 Å². The quantitative estimate of drug-likeness (QED) is 0.742. The van der Waals surface area contributed by atoms with Gasteiger partial charge in [0.05, 0.1) is 0 Å². The lowest BCUT2D eigenvalue weighted by Crippen LogP contribution is -2.03. The van der Waals surface area contributed by atoms with Crippen molar-refractivity contribution < 1.29 is 0 Å². The van der Waals surface area contributed by atoms with Crippen LogP contribution in [-0.4, -0.2) is 14.8 Å². The van der Waals surface area contributed by atoms with Crippen LogP contribution in [0.3, 0.4) is 0 Å². The lowest BCUT2D eigenvalue weighted by atomic mass is 10.0. The summed E-state index contributed by atoms with van der Waals surface area (Å²) in [6.45, 7) is 6.22. The molecule has 1 fully saturated rings. The van der Waals surface area contributed by atoms with Gasteiger partial charge in [-0.05, 0) is 25.2 Å². The fraction of sp³-hybridized carbons (Fsp3) is 0.818. The van der Waals surface area contributed by atoms with Gasteiger partial charge in [-0.1, -0.05) is 20.8 Å². The Balaban J connectivity index is 0.000000461. The molecule has 1 aliphatic rings. The zero-order valence-corrected chi connectivity index (χ0v) is 9.70. The molecule has 0 radical (unpaired) electrons. The molecule has 1 atom stereocenters. The molecule has 1 aromatic rings. The van der Waals surface area contributed by atoms with E-state index in [-0.39, 0.29) is 0 Å². The number of rotatable bonds is 3. The number of aromatic nitrogens is 3. The molecule has 80 valence electrons. The Morgan fingerprint density at radius 1 is 1.50 bits per heavy atom. The van der Waals surface area contributed by atoms with Gasteiger partial charge in [0, 0.05) is 13.0 Å². The largest absolute Gasteiger partial charge is 0.256 e. The van der Waals surface area contributed by atoms with Gasteiger partial charge in [-0.15, -0.1) is 0 Å². The summed E-state index contributed by atoms with van der Waals surface area (Å²) < 4.78 is 1.79. The Morgan fingerprint density at radius 3 is 2.50 bits per heavy atom. The van der Waals surface area contributed by atoms with Gasteiger partial charge in [-0.25, -0.2) is 4.98 Å². The normalized spacial score (nSPS) is 17.1. The second kappa shape index (κ2) is 5.13. The second-order valence-corrected chi connectivity index (χ2v) is 3.63. The minimum absolute atomic E-state index is 0.617. The molecule has 3 heteroatoms. The minimum atomic E-state index is 0.617. The van der Waals surface area contributed by atoms with Gasteiger partial charge in [-0.3, -0.25) is 4.68 Å². The molecule has 1 aliphatic carbocycles. The maximum absolute atomic E-state index is 4.35. The van der Waals surface area contributed by atoms with Gasteiger partial charge < -0.3 is 0 Å². The van der Waals surface area contributed by atoms with E-state index >= 15 is 0 Å². The van der Waals surface area contributed by atoms with E-state index in [2.05, 4.69) is 17.0 Å². The summed E-state index contributed by atoms with van der Waals surface area (Å²) in [4.78, 5) is 4.30. The van der Waals surface area contributed by atoms with Crippen molar-refractivity contribution in [2.24, 2.45) is 13.0 Å². The zero-order valence-electron chi connectivity index (χ0n) is 9.70. The molecule has 1 saturated carbocycles. The van der Waals surface area contributed by atoms with Crippen molar-refractivity contribution in [1.82, 2.24) is 14.8 Å². The molecule has 0 amide bonds. The third-order valence-electron chi connectivity index (χ3n) is 2.58. The maximum atomic E-state index is 4.35. The molecule has 0 aliphatic heterocycles. The van der Waals surface area contributed by atoms with Crippen molar-refractivity contribution in [2.45, 2.75) is 46.0 Å². The first-order valence-corrected chi connectivity index (χ1v) is 5.66. The first kappa shape index (κ1) is 11.2. The van der Waals surface area contributed by atoms with E-state index in [1.54, 1.807) is 11.0 Å². The molecule has 2 rings (SSSR count). The van der Waals surface area contributed by atoms with Crippen LogP contribution >= 0.6 is 0 Å². The van der Waals surface area contributed by atoms with E-state index in [0.717, 1.165) is 11.7 Å². The van der Waals surface area contributed by atoms with Gasteiger partial charge >= 0.3 is 0 Å². The van der Waals surface area contributed by atoms with E-state index in [0.29, 0.717) is 5.92 Å². The SMILES string of the molecule is CC.CCC(c1ncn(C)n1)C1CC1. The molecule has 0 bridgehead atoms. The summed E-state index contributed by atoms with van der Waals surface area (Å²) in [5.74, 6) is 2.53. The first-order valence-electron chi connectivity index (χ1n) is 5.66. The summed E-state index contributed by atoms with van der Waals surface area (Å²) in [5.41, 5.74) is 0. The van der Waals surface area contributed by atoms with E-state index in [1.807, 2.05) is 20.9 Å². The fourth-order valence-electron chi connectivity index (χ4n) is 1.75. The van der Waals surface area contributed by atoms with Gasteiger partial charge in [-0.2, -0.15) is 5.10 Å². The molecule has 14 heavy (non-hydrogen) atoms. The third-order valence-corrected chi connectivity index (χ3v) is 2.58. The highest BCUT2D eigenvalue weighted by Gasteiger charge is 2.33. The number of hydrogen-bond donors (Lipinski definition) is 0. The highest BCUT2D eigenvalue weighted by atomic mass is 15.3. The molecule has 1 unspecified atom stereocenters. The van der Waals surface area contributed by atoms with Gasteiger partial charge in [0.1, 0.15) is 6.33 Å². The number of hydrogen-bond acceptors (Lipinski definition) is 2. The summed E-state index contributed by atoms with van der Waals surface area (Å²) in [6, 6.07) is 0. The molecule has 3 nitrogen and oxygen atoms in total. The average Bonchev–Trinajstić information content (AvgIpc) is 2.95. The predicted molar refractivity (Wildman–Crippen MR) is 58.1 cm³/mol. The van der Waals surface area contributed by atoms with Crippen molar-refractivity contribution >= 4 is 0 Å². The predicted octanol–water partition coefficient (Wildman–Crippen LogP) is 2.74. The Hall–Kier alpha value is -0.860. The lowest BCUT2D eigenvalue weighted by Gasteiger charge is -2.07. The Bertz CT molecular complexity index is 263. The zero-order chi connectivity index (χ0) is 10.6. The van der Waals surface area contributed by atoms with Crippen LogP contribution in [0.1, 0.15) is 51.8 Å². The second-order valence-electron chi connectivity index (χ2n) is 3.63. The average molecular weight is 195 g/mol. The maximum Gasteiger partial charge on any atom is 0.153 e. The van der Waals surface area contributed by atoms with Crippen molar-refractivity contribution in [1.29, 1.82) is 0 Å². The van der Waals surface area contributed by atoms with Crippen LogP contribution in [0.25, 0.3) is 0 Å².